The molecule has 2 aromatic carbocycles. The fourth-order valence-corrected chi connectivity index (χ4v) is 3.18. The zero-order valence-electron chi connectivity index (χ0n) is 15.3. The van der Waals surface area contributed by atoms with E-state index in [2.05, 4.69) is 27.7 Å². The van der Waals surface area contributed by atoms with Gasteiger partial charge in [-0.1, -0.05) is 12.1 Å². The van der Waals surface area contributed by atoms with Crippen molar-refractivity contribution in [3.05, 3.63) is 54.1 Å². The molecule has 0 saturated carbocycles. The van der Waals surface area contributed by atoms with Crippen LogP contribution >= 0.6 is 0 Å². The van der Waals surface area contributed by atoms with Gasteiger partial charge < -0.3 is 20.3 Å². The van der Waals surface area contributed by atoms with Crippen molar-refractivity contribution in [3.63, 3.8) is 0 Å². The lowest BCUT2D eigenvalue weighted by atomic mass is 10.1. The highest BCUT2D eigenvalue weighted by molar-refractivity contribution is 5.80. The van der Waals surface area contributed by atoms with E-state index in [0.717, 1.165) is 36.5 Å². The number of anilines is 2. The molecule has 2 N–H and O–H groups in total. The summed E-state index contributed by atoms with van der Waals surface area (Å²) in [6.45, 7) is 3.17. The second kappa shape index (κ2) is 9.13. The summed E-state index contributed by atoms with van der Waals surface area (Å²) in [6.07, 6.45) is 3.33. The molecular weight excluding hydrogens is 326 g/mol. The molecule has 0 aliphatic carbocycles. The van der Waals surface area contributed by atoms with Crippen molar-refractivity contribution >= 4 is 17.3 Å². The Balaban J connectivity index is 1.38. The first-order chi connectivity index (χ1) is 12.7. The van der Waals surface area contributed by atoms with Crippen molar-refractivity contribution in [1.29, 1.82) is 0 Å². The van der Waals surface area contributed by atoms with E-state index in [1.54, 1.807) is 7.11 Å². The van der Waals surface area contributed by atoms with Crippen molar-refractivity contribution in [2.45, 2.75) is 19.3 Å². The van der Waals surface area contributed by atoms with Gasteiger partial charge in [0.2, 0.25) is 5.91 Å². The summed E-state index contributed by atoms with van der Waals surface area (Å²) >= 11 is 0. The van der Waals surface area contributed by atoms with E-state index >= 15 is 0 Å². The molecule has 0 spiro atoms. The monoisotopic (exact) mass is 353 g/mol. The summed E-state index contributed by atoms with van der Waals surface area (Å²) < 4.78 is 5.21. The van der Waals surface area contributed by atoms with Gasteiger partial charge in [0.15, 0.2) is 0 Å². The average Bonchev–Trinajstić information content (AvgIpc) is 3.22. The van der Waals surface area contributed by atoms with Gasteiger partial charge in [0.05, 0.1) is 13.7 Å². The Labute approximate surface area is 155 Å². The van der Waals surface area contributed by atoms with Crippen molar-refractivity contribution in [1.82, 2.24) is 5.32 Å². The summed E-state index contributed by atoms with van der Waals surface area (Å²) in [4.78, 5) is 14.4. The SMILES string of the molecule is COc1cccc(CCNC(=O)CNc2ccc(N3CCCC3)cc2)c1. The molecule has 1 heterocycles. The van der Waals surface area contributed by atoms with Gasteiger partial charge in [-0.25, -0.2) is 0 Å². The van der Waals surface area contributed by atoms with E-state index in [1.165, 1.54) is 18.5 Å². The van der Waals surface area contributed by atoms with Gasteiger partial charge in [-0.15, -0.1) is 0 Å². The maximum absolute atomic E-state index is 12.0. The summed E-state index contributed by atoms with van der Waals surface area (Å²) in [6, 6.07) is 16.2. The Hall–Kier alpha value is -2.69. The van der Waals surface area contributed by atoms with E-state index in [4.69, 9.17) is 4.74 Å². The minimum Gasteiger partial charge on any atom is -0.497 e. The van der Waals surface area contributed by atoms with Crippen LogP contribution in [0.4, 0.5) is 11.4 Å². The Kier molecular flexibility index (Phi) is 6.36. The smallest absolute Gasteiger partial charge is 0.239 e. The molecule has 0 bridgehead atoms. The molecule has 1 fully saturated rings. The van der Waals surface area contributed by atoms with Crippen LogP contribution in [0.2, 0.25) is 0 Å². The van der Waals surface area contributed by atoms with E-state index in [-0.39, 0.29) is 12.5 Å². The Morgan fingerprint density at radius 1 is 1.12 bits per heavy atom. The molecule has 5 nitrogen and oxygen atoms in total. The van der Waals surface area contributed by atoms with Crippen LogP contribution in [0.15, 0.2) is 48.5 Å². The molecular formula is C21H27N3O2. The van der Waals surface area contributed by atoms with Crippen LogP contribution in [-0.2, 0) is 11.2 Å². The summed E-state index contributed by atoms with van der Waals surface area (Å²) in [5.41, 5.74) is 3.38. The number of hydrogen-bond acceptors (Lipinski definition) is 4. The Morgan fingerprint density at radius 2 is 1.88 bits per heavy atom. The van der Waals surface area contributed by atoms with Crippen molar-refractivity contribution in [3.8, 4) is 5.75 Å². The molecule has 1 saturated heterocycles. The number of carbonyl (C=O) groups is 1. The quantitative estimate of drug-likeness (QED) is 0.766. The number of nitrogens with one attached hydrogen (secondary N) is 2. The number of methoxy groups -OCH3 is 1. The molecule has 26 heavy (non-hydrogen) atoms. The van der Waals surface area contributed by atoms with E-state index in [9.17, 15) is 4.79 Å². The molecule has 1 aliphatic heterocycles. The van der Waals surface area contributed by atoms with Crippen LogP contribution in [0, 0.1) is 0 Å². The van der Waals surface area contributed by atoms with Crippen LogP contribution in [-0.4, -0.2) is 39.2 Å². The minimum atomic E-state index is -0.00323. The van der Waals surface area contributed by atoms with Gasteiger partial charge in [-0.05, 0) is 61.2 Å². The number of hydrogen-bond donors (Lipinski definition) is 2. The third kappa shape index (κ3) is 5.15. The first-order valence-corrected chi connectivity index (χ1v) is 9.23. The molecule has 0 unspecified atom stereocenters. The normalized spacial score (nSPS) is 13.5. The number of carbonyl (C=O) groups excluding carboxylic acids is 1. The minimum absolute atomic E-state index is 0.00323. The molecule has 1 aliphatic rings. The number of rotatable bonds is 8. The summed E-state index contributed by atoms with van der Waals surface area (Å²) in [5.74, 6) is 0.837. The first-order valence-electron chi connectivity index (χ1n) is 9.23. The van der Waals surface area contributed by atoms with Crippen LogP contribution in [0.25, 0.3) is 0 Å². The van der Waals surface area contributed by atoms with Gasteiger partial charge in [-0.2, -0.15) is 0 Å². The van der Waals surface area contributed by atoms with Crippen LogP contribution in [0.3, 0.4) is 0 Å². The van der Waals surface area contributed by atoms with Crippen LogP contribution in [0.1, 0.15) is 18.4 Å². The number of nitrogens with zero attached hydrogens (tertiary/aromatic N) is 1. The van der Waals surface area contributed by atoms with E-state index in [1.807, 2.05) is 36.4 Å². The Morgan fingerprint density at radius 3 is 2.62 bits per heavy atom. The topological polar surface area (TPSA) is 53.6 Å². The highest BCUT2D eigenvalue weighted by Gasteiger charge is 2.11. The van der Waals surface area contributed by atoms with Crippen molar-refractivity contribution in [2.75, 3.05) is 43.5 Å². The molecule has 138 valence electrons. The number of amides is 1. The zero-order chi connectivity index (χ0) is 18.2. The molecule has 2 aromatic rings. The van der Waals surface area contributed by atoms with Gasteiger partial charge in [0, 0.05) is 31.0 Å². The van der Waals surface area contributed by atoms with Gasteiger partial charge in [-0.3, -0.25) is 4.79 Å². The highest BCUT2D eigenvalue weighted by atomic mass is 16.5. The Bertz CT molecular complexity index is 709. The van der Waals surface area contributed by atoms with Gasteiger partial charge in [0.25, 0.3) is 0 Å². The lowest BCUT2D eigenvalue weighted by molar-refractivity contribution is -0.119. The molecule has 0 atom stereocenters. The standard InChI is InChI=1S/C21H27N3O2/c1-26-20-6-4-5-17(15-20)11-12-22-21(25)16-23-18-7-9-19(10-8-18)24-13-2-3-14-24/h4-10,15,23H,2-3,11-14,16H2,1H3,(H,22,25). The third-order valence-corrected chi connectivity index (χ3v) is 4.66. The molecule has 0 aromatic heterocycles. The number of benzene rings is 2. The summed E-state index contributed by atoms with van der Waals surface area (Å²) in [7, 11) is 1.66. The van der Waals surface area contributed by atoms with Crippen molar-refractivity contribution < 1.29 is 9.53 Å². The molecule has 3 rings (SSSR count). The molecule has 5 heteroatoms. The zero-order valence-corrected chi connectivity index (χ0v) is 15.3. The maximum Gasteiger partial charge on any atom is 0.239 e. The molecule has 1 amide bonds. The predicted molar refractivity (Wildman–Crippen MR) is 106 cm³/mol. The number of ether oxygens (including phenoxy) is 1. The van der Waals surface area contributed by atoms with Gasteiger partial charge >= 0.3 is 0 Å². The maximum atomic E-state index is 12.0. The fourth-order valence-electron chi connectivity index (χ4n) is 3.18. The predicted octanol–water partition coefficient (Wildman–Crippen LogP) is 3.07. The van der Waals surface area contributed by atoms with Crippen LogP contribution in [0.5, 0.6) is 5.75 Å². The fraction of sp³-hybridized carbons (Fsp3) is 0.381. The van der Waals surface area contributed by atoms with Crippen LogP contribution < -0.4 is 20.3 Å². The van der Waals surface area contributed by atoms with Gasteiger partial charge in [0.1, 0.15) is 5.75 Å². The van der Waals surface area contributed by atoms with E-state index < -0.39 is 0 Å². The summed E-state index contributed by atoms with van der Waals surface area (Å²) in [5, 5.41) is 6.12. The largest absolute Gasteiger partial charge is 0.497 e. The third-order valence-electron chi connectivity index (χ3n) is 4.66. The lowest BCUT2D eigenvalue weighted by Crippen LogP contribution is -2.31. The second-order valence-electron chi connectivity index (χ2n) is 6.55. The van der Waals surface area contributed by atoms with E-state index in [0.29, 0.717) is 6.54 Å². The lowest BCUT2D eigenvalue weighted by Gasteiger charge is -2.18. The highest BCUT2D eigenvalue weighted by Crippen LogP contribution is 2.21. The van der Waals surface area contributed by atoms with Crippen molar-refractivity contribution in [2.24, 2.45) is 0 Å². The molecule has 0 radical (unpaired) electrons. The second-order valence-corrected chi connectivity index (χ2v) is 6.55. The first kappa shape index (κ1) is 18.1. The average molecular weight is 353 g/mol.